The Labute approximate surface area is 217 Å². The molecule has 0 amide bonds. The Morgan fingerprint density at radius 3 is 2.62 bits per heavy atom. The van der Waals surface area contributed by atoms with E-state index in [1.54, 1.807) is 0 Å². The summed E-state index contributed by atoms with van der Waals surface area (Å²) in [5, 5.41) is 22.3. The van der Waals surface area contributed by atoms with Crippen LogP contribution in [0, 0.1) is 0 Å². The molecular formula is C30H33N3O4. The van der Waals surface area contributed by atoms with Crippen molar-refractivity contribution in [2.24, 2.45) is 0 Å². The Balaban J connectivity index is 1.40. The van der Waals surface area contributed by atoms with E-state index in [0.717, 1.165) is 45.5 Å². The highest BCUT2D eigenvalue weighted by atomic mass is 16.5. The van der Waals surface area contributed by atoms with Crippen LogP contribution < -0.4 is 10.1 Å². The van der Waals surface area contributed by atoms with E-state index in [0.29, 0.717) is 31.9 Å². The first-order valence-corrected chi connectivity index (χ1v) is 12.7. The van der Waals surface area contributed by atoms with E-state index in [9.17, 15) is 5.11 Å². The molecule has 3 aromatic carbocycles. The highest BCUT2D eigenvalue weighted by Gasteiger charge is 2.32. The summed E-state index contributed by atoms with van der Waals surface area (Å²) in [6.07, 6.45) is 1.47. The van der Waals surface area contributed by atoms with Crippen molar-refractivity contribution in [2.75, 3.05) is 25.1 Å². The largest absolute Gasteiger partial charge is 0.493 e. The van der Waals surface area contributed by atoms with Crippen LogP contribution >= 0.6 is 0 Å². The van der Waals surface area contributed by atoms with Gasteiger partial charge in [0.15, 0.2) is 0 Å². The third kappa shape index (κ3) is 5.54. The lowest BCUT2D eigenvalue weighted by molar-refractivity contribution is -0.0133. The molecule has 5 rings (SSSR count). The number of nitrogens with one attached hydrogen (secondary N) is 1. The minimum absolute atomic E-state index is 0.0838. The Kier molecular flexibility index (Phi) is 7.84. The van der Waals surface area contributed by atoms with Crippen molar-refractivity contribution in [3.05, 3.63) is 90.5 Å². The second-order valence-corrected chi connectivity index (χ2v) is 9.25. The van der Waals surface area contributed by atoms with Crippen molar-refractivity contribution in [1.29, 1.82) is 0 Å². The number of imidazole rings is 1. The Bertz CT molecular complexity index is 1350. The summed E-state index contributed by atoms with van der Waals surface area (Å²) in [7, 11) is 0. The molecule has 1 aliphatic heterocycles. The zero-order valence-electron chi connectivity index (χ0n) is 20.8. The highest BCUT2D eigenvalue weighted by Crippen LogP contribution is 2.37. The molecule has 1 saturated heterocycles. The quantitative estimate of drug-likeness (QED) is 0.192. The normalized spacial score (nSPS) is 17.4. The van der Waals surface area contributed by atoms with E-state index >= 15 is 0 Å². The third-order valence-corrected chi connectivity index (χ3v) is 6.65. The minimum Gasteiger partial charge on any atom is -0.493 e. The molecule has 7 nitrogen and oxygen atoms in total. The molecule has 0 unspecified atom stereocenters. The van der Waals surface area contributed by atoms with Crippen molar-refractivity contribution in [2.45, 2.75) is 38.1 Å². The minimum atomic E-state index is -0.366. The number of aliphatic hydroxyl groups is 2. The fraction of sp³-hybridized carbons (Fsp3) is 0.300. The number of ether oxygens (including phenoxy) is 2. The molecule has 0 radical (unpaired) electrons. The molecule has 0 spiro atoms. The predicted octanol–water partition coefficient (Wildman–Crippen LogP) is 5.30. The van der Waals surface area contributed by atoms with Gasteiger partial charge < -0.3 is 25.0 Å². The Morgan fingerprint density at radius 2 is 1.84 bits per heavy atom. The van der Waals surface area contributed by atoms with Gasteiger partial charge in [-0.25, -0.2) is 4.98 Å². The molecular weight excluding hydrogens is 466 g/mol. The van der Waals surface area contributed by atoms with Gasteiger partial charge in [0, 0.05) is 25.1 Å². The fourth-order valence-electron chi connectivity index (χ4n) is 4.70. The lowest BCUT2D eigenvalue weighted by Crippen LogP contribution is -2.17. The number of benzene rings is 3. The standard InChI is InChI=1S/C30H33N3O4/c1-21-17-29(37-28(21)20-35)33-26-12-6-5-11-25(26)32-30(33)31-19-22-13-14-24(23-9-3-2-4-10-23)27(18-22)36-16-8-7-15-34/h2-6,9-14,18,28-29,34-35H,1,7-8,15-17,19-20H2,(H,31,32)/t28-,29-/m1/s1. The number of para-hydroxylation sites is 2. The van der Waals surface area contributed by atoms with Gasteiger partial charge in [-0.3, -0.25) is 4.57 Å². The number of hydrogen-bond donors (Lipinski definition) is 3. The second-order valence-electron chi connectivity index (χ2n) is 9.25. The van der Waals surface area contributed by atoms with E-state index in [-0.39, 0.29) is 25.5 Å². The maximum Gasteiger partial charge on any atom is 0.206 e. The van der Waals surface area contributed by atoms with Gasteiger partial charge in [-0.1, -0.05) is 61.2 Å². The summed E-state index contributed by atoms with van der Waals surface area (Å²) in [5.41, 5.74) is 5.91. The summed E-state index contributed by atoms with van der Waals surface area (Å²) in [4.78, 5) is 4.83. The SMILES string of the molecule is C=C1C[C@H](n2c(NCc3ccc(-c4ccccc4)c(OCCCCO)c3)nc3ccccc32)O[C@@H]1CO. The van der Waals surface area contributed by atoms with Crippen LogP contribution in [-0.2, 0) is 11.3 Å². The number of aliphatic hydroxyl groups excluding tert-OH is 2. The number of anilines is 1. The number of rotatable bonds is 11. The van der Waals surface area contributed by atoms with Gasteiger partial charge in [0.1, 0.15) is 18.1 Å². The molecule has 3 N–H and O–H groups in total. The van der Waals surface area contributed by atoms with Gasteiger partial charge >= 0.3 is 0 Å². The van der Waals surface area contributed by atoms with E-state index in [2.05, 4.69) is 46.8 Å². The maximum atomic E-state index is 9.66. The van der Waals surface area contributed by atoms with Crippen LogP contribution in [0.5, 0.6) is 5.75 Å². The van der Waals surface area contributed by atoms with Gasteiger partial charge in [-0.2, -0.15) is 0 Å². The van der Waals surface area contributed by atoms with Crippen molar-refractivity contribution in [3.63, 3.8) is 0 Å². The van der Waals surface area contributed by atoms with Crippen molar-refractivity contribution in [3.8, 4) is 16.9 Å². The fourth-order valence-corrected chi connectivity index (χ4v) is 4.70. The number of fused-ring (bicyclic) bond motifs is 1. The zero-order chi connectivity index (χ0) is 25.6. The number of hydrogen-bond acceptors (Lipinski definition) is 6. The molecule has 1 fully saturated rings. The first kappa shape index (κ1) is 25.0. The monoisotopic (exact) mass is 499 g/mol. The van der Waals surface area contributed by atoms with Gasteiger partial charge in [0.2, 0.25) is 5.95 Å². The van der Waals surface area contributed by atoms with Crippen molar-refractivity contribution < 1.29 is 19.7 Å². The highest BCUT2D eigenvalue weighted by molar-refractivity contribution is 5.79. The molecule has 4 aromatic rings. The maximum absolute atomic E-state index is 9.66. The summed E-state index contributed by atoms with van der Waals surface area (Å²) in [5.74, 6) is 1.52. The van der Waals surface area contributed by atoms with Crippen molar-refractivity contribution >= 4 is 17.0 Å². The predicted molar refractivity (Wildman–Crippen MR) is 146 cm³/mol. The molecule has 1 aromatic heterocycles. The molecule has 0 bridgehead atoms. The molecule has 0 aliphatic carbocycles. The van der Waals surface area contributed by atoms with Crippen LogP contribution in [0.1, 0.15) is 31.1 Å². The van der Waals surface area contributed by atoms with E-state index in [1.165, 1.54) is 0 Å². The van der Waals surface area contributed by atoms with E-state index in [1.807, 2.05) is 42.5 Å². The molecule has 192 valence electrons. The summed E-state index contributed by atoms with van der Waals surface area (Å²) < 4.78 is 14.3. The molecule has 2 heterocycles. The molecule has 37 heavy (non-hydrogen) atoms. The van der Waals surface area contributed by atoms with E-state index < -0.39 is 0 Å². The van der Waals surface area contributed by atoms with Crippen LogP contribution in [0.3, 0.4) is 0 Å². The van der Waals surface area contributed by atoms with Crippen LogP contribution in [-0.4, -0.2) is 45.7 Å². The lowest BCUT2D eigenvalue weighted by atomic mass is 10.0. The summed E-state index contributed by atoms with van der Waals surface area (Å²) in [6, 6.07) is 24.4. The Hall–Kier alpha value is -3.65. The topological polar surface area (TPSA) is 88.8 Å². The van der Waals surface area contributed by atoms with Gasteiger partial charge in [-0.05, 0) is 47.7 Å². The second kappa shape index (κ2) is 11.6. The van der Waals surface area contributed by atoms with Gasteiger partial charge in [-0.15, -0.1) is 0 Å². The lowest BCUT2D eigenvalue weighted by Gasteiger charge is -2.18. The van der Waals surface area contributed by atoms with Crippen LogP contribution in [0.25, 0.3) is 22.2 Å². The molecule has 7 heteroatoms. The van der Waals surface area contributed by atoms with E-state index in [4.69, 9.17) is 19.6 Å². The average molecular weight is 500 g/mol. The Morgan fingerprint density at radius 1 is 1.03 bits per heavy atom. The van der Waals surface area contributed by atoms with Gasteiger partial charge in [0.25, 0.3) is 0 Å². The summed E-state index contributed by atoms with van der Waals surface area (Å²) in [6.45, 7) is 5.25. The number of nitrogens with zero attached hydrogens (tertiary/aromatic N) is 2. The number of unbranched alkanes of at least 4 members (excludes halogenated alkanes) is 1. The third-order valence-electron chi connectivity index (χ3n) is 6.65. The molecule has 0 saturated carbocycles. The zero-order valence-corrected chi connectivity index (χ0v) is 20.8. The first-order chi connectivity index (χ1) is 18.2. The number of aromatic nitrogens is 2. The molecule has 2 atom stereocenters. The van der Waals surface area contributed by atoms with Crippen LogP contribution in [0.15, 0.2) is 84.9 Å². The average Bonchev–Trinajstić information content (AvgIpc) is 3.49. The summed E-state index contributed by atoms with van der Waals surface area (Å²) >= 11 is 0. The van der Waals surface area contributed by atoms with Crippen LogP contribution in [0.4, 0.5) is 5.95 Å². The van der Waals surface area contributed by atoms with Crippen molar-refractivity contribution in [1.82, 2.24) is 9.55 Å². The smallest absolute Gasteiger partial charge is 0.206 e. The van der Waals surface area contributed by atoms with Crippen LogP contribution in [0.2, 0.25) is 0 Å². The van der Waals surface area contributed by atoms with Gasteiger partial charge in [0.05, 0.1) is 24.2 Å². The molecule has 1 aliphatic rings. The first-order valence-electron chi connectivity index (χ1n) is 12.7.